The van der Waals surface area contributed by atoms with E-state index >= 15 is 0 Å². The molecule has 9 nitrogen and oxygen atoms in total. The van der Waals surface area contributed by atoms with Gasteiger partial charge in [-0.1, -0.05) is 30.3 Å². The van der Waals surface area contributed by atoms with Gasteiger partial charge in [0.25, 0.3) is 0 Å². The number of hydrogen-bond donors (Lipinski definition) is 1. The van der Waals surface area contributed by atoms with Crippen molar-refractivity contribution in [3.8, 4) is 11.5 Å². The number of sulfonamides is 1. The summed E-state index contributed by atoms with van der Waals surface area (Å²) in [6.45, 7) is 7.46. The molecule has 1 heterocycles. The molecule has 2 aromatic carbocycles. The minimum Gasteiger partial charge on any atom is -0.486 e. The number of rotatable bonds is 11. The Balaban J connectivity index is 1.89. The van der Waals surface area contributed by atoms with E-state index in [-0.39, 0.29) is 24.2 Å². The van der Waals surface area contributed by atoms with E-state index in [0.717, 1.165) is 9.87 Å². The highest BCUT2D eigenvalue weighted by atomic mass is 32.2. The molecule has 0 aromatic heterocycles. The zero-order valence-electron chi connectivity index (χ0n) is 21.3. The summed E-state index contributed by atoms with van der Waals surface area (Å²) in [7, 11) is -3.81. The molecule has 3 rings (SSSR count). The van der Waals surface area contributed by atoms with Gasteiger partial charge >= 0.3 is 0 Å². The molecule has 0 fully saturated rings. The standard InChI is InChI=1S/C26H35N3O6S/c1-5-36(32,33)29(22-11-12-23-24(17-22)35-16-15-34-23)18-25(30)28(20(4)26(31)27-19(2)3)14-13-21-9-7-6-8-10-21/h6-12,17,19-20H,5,13-16,18H2,1-4H3,(H,27,31)/t20-/m0/s1. The number of ether oxygens (including phenoxy) is 2. The molecule has 0 saturated heterocycles. The summed E-state index contributed by atoms with van der Waals surface area (Å²) in [5.41, 5.74) is 1.31. The van der Waals surface area contributed by atoms with Gasteiger partial charge in [0.2, 0.25) is 21.8 Å². The van der Waals surface area contributed by atoms with E-state index in [2.05, 4.69) is 5.32 Å². The molecular formula is C26H35N3O6S. The van der Waals surface area contributed by atoms with Gasteiger partial charge in [0.05, 0.1) is 11.4 Å². The molecular weight excluding hydrogens is 482 g/mol. The Morgan fingerprint density at radius 3 is 2.31 bits per heavy atom. The van der Waals surface area contributed by atoms with Crippen molar-refractivity contribution in [3.63, 3.8) is 0 Å². The first-order chi connectivity index (χ1) is 17.1. The highest BCUT2D eigenvalue weighted by molar-refractivity contribution is 7.92. The lowest BCUT2D eigenvalue weighted by Crippen LogP contribution is -2.53. The minimum absolute atomic E-state index is 0.0966. The topological polar surface area (TPSA) is 105 Å². The number of carbonyl (C=O) groups excluding carboxylic acids is 2. The van der Waals surface area contributed by atoms with Crippen LogP contribution in [0.3, 0.4) is 0 Å². The van der Waals surface area contributed by atoms with E-state index in [9.17, 15) is 18.0 Å². The number of nitrogens with one attached hydrogen (secondary N) is 1. The fraction of sp³-hybridized carbons (Fsp3) is 0.462. The van der Waals surface area contributed by atoms with Crippen LogP contribution in [0.2, 0.25) is 0 Å². The molecule has 1 aliphatic heterocycles. The monoisotopic (exact) mass is 517 g/mol. The molecule has 2 amide bonds. The Bertz CT molecular complexity index is 1150. The van der Waals surface area contributed by atoms with E-state index in [1.54, 1.807) is 25.1 Å². The summed E-state index contributed by atoms with van der Waals surface area (Å²) in [6, 6.07) is 13.5. The molecule has 1 atom stereocenters. The molecule has 0 bridgehead atoms. The van der Waals surface area contributed by atoms with Crippen LogP contribution < -0.4 is 19.1 Å². The fourth-order valence-corrected chi connectivity index (χ4v) is 4.94. The largest absolute Gasteiger partial charge is 0.486 e. The third kappa shape index (κ3) is 6.90. The summed E-state index contributed by atoms with van der Waals surface area (Å²) in [5, 5.41) is 2.84. The van der Waals surface area contributed by atoms with Gasteiger partial charge in [-0.15, -0.1) is 0 Å². The van der Waals surface area contributed by atoms with Crippen LogP contribution in [0.15, 0.2) is 48.5 Å². The van der Waals surface area contributed by atoms with Crippen molar-refractivity contribution in [2.75, 3.05) is 36.4 Å². The van der Waals surface area contributed by atoms with Gasteiger partial charge in [-0.25, -0.2) is 8.42 Å². The average molecular weight is 518 g/mol. The Labute approximate surface area is 213 Å². The van der Waals surface area contributed by atoms with E-state index in [1.165, 1.54) is 11.8 Å². The Kier molecular flexibility index (Phi) is 9.19. The van der Waals surface area contributed by atoms with Gasteiger partial charge in [-0.2, -0.15) is 0 Å². The second-order valence-electron chi connectivity index (χ2n) is 8.90. The van der Waals surface area contributed by atoms with E-state index in [4.69, 9.17) is 9.47 Å². The van der Waals surface area contributed by atoms with Crippen LogP contribution in [0.25, 0.3) is 0 Å². The number of nitrogens with zero attached hydrogens (tertiary/aromatic N) is 2. The highest BCUT2D eigenvalue weighted by Crippen LogP contribution is 2.35. The SMILES string of the molecule is CCS(=O)(=O)N(CC(=O)N(CCc1ccccc1)[C@@H](C)C(=O)NC(C)C)c1ccc2c(c1)OCCO2. The molecule has 196 valence electrons. The van der Waals surface area contributed by atoms with Gasteiger partial charge in [-0.3, -0.25) is 13.9 Å². The molecule has 0 unspecified atom stereocenters. The summed E-state index contributed by atoms with van der Waals surface area (Å²) >= 11 is 0. The van der Waals surface area contributed by atoms with Crippen molar-refractivity contribution >= 4 is 27.5 Å². The number of benzene rings is 2. The van der Waals surface area contributed by atoms with Crippen molar-refractivity contribution in [1.82, 2.24) is 10.2 Å². The molecule has 0 radical (unpaired) electrons. The first-order valence-corrected chi connectivity index (χ1v) is 13.8. The quantitative estimate of drug-likeness (QED) is 0.491. The van der Waals surface area contributed by atoms with Crippen molar-refractivity contribution in [2.24, 2.45) is 0 Å². The number of amides is 2. The molecule has 1 N–H and O–H groups in total. The van der Waals surface area contributed by atoms with Gasteiger partial charge in [0, 0.05) is 18.7 Å². The smallest absolute Gasteiger partial charge is 0.244 e. The lowest BCUT2D eigenvalue weighted by Gasteiger charge is -2.32. The normalized spacial score (nSPS) is 13.7. The van der Waals surface area contributed by atoms with Crippen molar-refractivity contribution in [2.45, 2.75) is 46.2 Å². The third-order valence-corrected chi connectivity index (χ3v) is 7.62. The lowest BCUT2D eigenvalue weighted by atomic mass is 10.1. The average Bonchev–Trinajstić information content (AvgIpc) is 2.87. The first kappa shape index (κ1) is 27.3. The van der Waals surface area contributed by atoms with Crippen LogP contribution in [0, 0.1) is 0 Å². The highest BCUT2D eigenvalue weighted by Gasteiger charge is 2.31. The minimum atomic E-state index is -3.81. The maximum absolute atomic E-state index is 13.6. The second-order valence-corrected chi connectivity index (χ2v) is 11.1. The van der Waals surface area contributed by atoms with Gasteiger partial charge < -0.3 is 19.7 Å². The molecule has 10 heteroatoms. The summed E-state index contributed by atoms with van der Waals surface area (Å²) in [5.74, 6) is -0.0103. The molecule has 36 heavy (non-hydrogen) atoms. The third-order valence-electron chi connectivity index (χ3n) is 5.88. The van der Waals surface area contributed by atoms with E-state index in [1.807, 2.05) is 44.2 Å². The molecule has 1 aliphatic rings. The van der Waals surface area contributed by atoms with Crippen molar-refractivity contribution in [1.29, 1.82) is 0 Å². The molecule has 0 saturated carbocycles. The van der Waals surface area contributed by atoms with Crippen LogP contribution in [0.5, 0.6) is 11.5 Å². The predicted molar refractivity (Wildman–Crippen MR) is 139 cm³/mol. The molecule has 0 aliphatic carbocycles. The lowest BCUT2D eigenvalue weighted by molar-refractivity contribution is -0.139. The predicted octanol–water partition coefficient (Wildman–Crippen LogP) is 2.60. The number of carbonyl (C=O) groups is 2. The first-order valence-electron chi connectivity index (χ1n) is 12.2. The number of hydrogen-bond acceptors (Lipinski definition) is 6. The van der Waals surface area contributed by atoms with Gasteiger partial charge in [0.1, 0.15) is 25.8 Å². The second kappa shape index (κ2) is 12.1. The number of anilines is 1. The van der Waals surface area contributed by atoms with Crippen LogP contribution in [-0.4, -0.2) is 69.3 Å². The maximum atomic E-state index is 13.6. The number of fused-ring (bicyclic) bond motifs is 1. The maximum Gasteiger partial charge on any atom is 0.244 e. The molecule has 0 spiro atoms. The zero-order valence-corrected chi connectivity index (χ0v) is 22.1. The van der Waals surface area contributed by atoms with Gasteiger partial charge in [0.15, 0.2) is 11.5 Å². The Hall–Kier alpha value is -3.27. The van der Waals surface area contributed by atoms with E-state index in [0.29, 0.717) is 36.8 Å². The van der Waals surface area contributed by atoms with Crippen LogP contribution in [0.4, 0.5) is 5.69 Å². The Morgan fingerprint density at radius 2 is 1.67 bits per heavy atom. The Morgan fingerprint density at radius 1 is 1.00 bits per heavy atom. The van der Waals surface area contributed by atoms with Crippen LogP contribution in [-0.2, 0) is 26.0 Å². The van der Waals surface area contributed by atoms with Crippen molar-refractivity contribution in [3.05, 3.63) is 54.1 Å². The molecule has 2 aromatic rings. The van der Waals surface area contributed by atoms with Crippen LogP contribution >= 0.6 is 0 Å². The van der Waals surface area contributed by atoms with Crippen LogP contribution in [0.1, 0.15) is 33.3 Å². The van der Waals surface area contributed by atoms with E-state index < -0.39 is 28.5 Å². The van der Waals surface area contributed by atoms with Crippen molar-refractivity contribution < 1.29 is 27.5 Å². The summed E-state index contributed by atoms with van der Waals surface area (Å²) in [6.07, 6.45) is 0.524. The zero-order chi connectivity index (χ0) is 26.3. The fourth-order valence-electron chi connectivity index (χ4n) is 3.88. The summed E-state index contributed by atoms with van der Waals surface area (Å²) in [4.78, 5) is 27.9. The van der Waals surface area contributed by atoms with Gasteiger partial charge in [-0.05, 0) is 51.8 Å². The summed E-state index contributed by atoms with van der Waals surface area (Å²) < 4.78 is 38.3.